The molecule has 0 amide bonds. The van der Waals surface area contributed by atoms with Crippen molar-refractivity contribution >= 4 is 15.9 Å². The molecule has 1 aliphatic heterocycles. The Kier molecular flexibility index (Phi) is 5.15. The van der Waals surface area contributed by atoms with Crippen LogP contribution in [0.4, 0.5) is 4.39 Å². The standard InChI is InChI=1S/C14H19BrFNO/c15-14-5-4-12(16)9-11(14)10-17-7-2-1-3-13(17)6-8-18/h4-5,9,13,18H,1-3,6-8,10H2. The molecule has 1 aliphatic rings. The number of aliphatic hydroxyl groups excluding tert-OH is 1. The summed E-state index contributed by atoms with van der Waals surface area (Å²) < 4.78 is 14.2. The van der Waals surface area contributed by atoms with Crippen molar-refractivity contribution in [1.29, 1.82) is 0 Å². The first-order chi connectivity index (χ1) is 8.70. The van der Waals surface area contributed by atoms with E-state index in [2.05, 4.69) is 20.8 Å². The predicted octanol–water partition coefficient (Wildman–Crippen LogP) is 3.33. The van der Waals surface area contributed by atoms with Gasteiger partial charge in [-0.1, -0.05) is 22.4 Å². The van der Waals surface area contributed by atoms with Crippen LogP contribution in [0.2, 0.25) is 0 Å². The Balaban J connectivity index is 2.08. The van der Waals surface area contributed by atoms with Gasteiger partial charge in [0.05, 0.1) is 0 Å². The maximum absolute atomic E-state index is 13.3. The van der Waals surface area contributed by atoms with Gasteiger partial charge in [0.2, 0.25) is 0 Å². The lowest BCUT2D eigenvalue weighted by Crippen LogP contribution is -2.39. The second-order valence-corrected chi connectivity index (χ2v) is 5.72. The van der Waals surface area contributed by atoms with E-state index in [0.717, 1.165) is 36.0 Å². The molecule has 100 valence electrons. The normalized spacial score (nSPS) is 21.2. The molecule has 0 aliphatic carbocycles. The van der Waals surface area contributed by atoms with Crippen molar-refractivity contribution in [2.75, 3.05) is 13.2 Å². The predicted molar refractivity (Wildman–Crippen MR) is 73.9 cm³/mol. The van der Waals surface area contributed by atoms with E-state index < -0.39 is 0 Å². The zero-order valence-electron chi connectivity index (χ0n) is 10.4. The SMILES string of the molecule is OCCC1CCCCN1Cc1cc(F)ccc1Br. The Bertz CT molecular complexity index is 397. The summed E-state index contributed by atoms with van der Waals surface area (Å²) in [5, 5.41) is 9.11. The van der Waals surface area contributed by atoms with Gasteiger partial charge in [0.15, 0.2) is 0 Å². The highest BCUT2D eigenvalue weighted by Crippen LogP contribution is 2.25. The van der Waals surface area contributed by atoms with Crippen LogP contribution < -0.4 is 0 Å². The first-order valence-corrected chi connectivity index (χ1v) is 7.29. The molecule has 1 aromatic carbocycles. The minimum Gasteiger partial charge on any atom is -0.396 e. The van der Waals surface area contributed by atoms with Crippen LogP contribution in [-0.2, 0) is 6.54 Å². The number of halogens is 2. The second-order valence-electron chi connectivity index (χ2n) is 4.87. The van der Waals surface area contributed by atoms with E-state index in [1.807, 2.05) is 0 Å². The Morgan fingerprint density at radius 2 is 2.22 bits per heavy atom. The van der Waals surface area contributed by atoms with Gasteiger partial charge in [-0.05, 0) is 49.6 Å². The molecular weight excluding hydrogens is 297 g/mol. The number of likely N-dealkylation sites (tertiary alicyclic amines) is 1. The van der Waals surface area contributed by atoms with Gasteiger partial charge < -0.3 is 5.11 Å². The van der Waals surface area contributed by atoms with E-state index in [0.29, 0.717) is 6.04 Å². The molecule has 0 aromatic heterocycles. The van der Waals surface area contributed by atoms with Crippen LogP contribution in [0.25, 0.3) is 0 Å². The topological polar surface area (TPSA) is 23.5 Å². The van der Waals surface area contributed by atoms with Gasteiger partial charge >= 0.3 is 0 Å². The summed E-state index contributed by atoms with van der Waals surface area (Å²) in [5.41, 5.74) is 0.986. The molecule has 0 spiro atoms. The number of piperidine rings is 1. The zero-order valence-corrected chi connectivity index (χ0v) is 12.0. The van der Waals surface area contributed by atoms with E-state index in [1.54, 1.807) is 12.1 Å². The molecule has 2 rings (SSSR count). The zero-order chi connectivity index (χ0) is 13.0. The summed E-state index contributed by atoms with van der Waals surface area (Å²) in [5.74, 6) is -0.191. The fourth-order valence-electron chi connectivity index (χ4n) is 2.63. The van der Waals surface area contributed by atoms with Crippen LogP contribution in [0.3, 0.4) is 0 Å². The van der Waals surface area contributed by atoms with Crippen molar-refractivity contribution in [2.45, 2.75) is 38.3 Å². The average Bonchev–Trinajstić information content (AvgIpc) is 2.36. The van der Waals surface area contributed by atoms with E-state index >= 15 is 0 Å². The molecule has 2 nitrogen and oxygen atoms in total. The number of benzene rings is 1. The second kappa shape index (κ2) is 6.64. The van der Waals surface area contributed by atoms with Crippen molar-refractivity contribution in [3.63, 3.8) is 0 Å². The van der Waals surface area contributed by atoms with Crippen molar-refractivity contribution in [1.82, 2.24) is 4.90 Å². The highest BCUT2D eigenvalue weighted by molar-refractivity contribution is 9.10. The summed E-state index contributed by atoms with van der Waals surface area (Å²) in [4.78, 5) is 2.36. The van der Waals surface area contributed by atoms with Crippen LogP contribution >= 0.6 is 15.9 Å². The van der Waals surface area contributed by atoms with Crippen molar-refractivity contribution < 1.29 is 9.50 Å². The summed E-state index contributed by atoms with van der Waals surface area (Å²) in [6.07, 6.45) is 4.36. The molecule has 18 heavy (non-hydrogen) atoms. The Labute approximate surface area is 116 Å². The highest BCUT2D eigenvalue weighted by atomic mass is 79.9. The quantitative estimate of drug-likeness (QED) is 0.921. The number of hydrogen-bond donors (Lipinski definition) is 1. The lowest BCUT2D eigenvalue weighted by Gasteiger charge is -2.35. The highest BCUT2D eigenvalue weighted by Gasteiger charge is 2.22. The third-order valence-electron chi connectivity index (χ3n) is 3.59. The van der Waals surface area contributed by atoms with E-state index in [9.17, 15) is 4.39 Å². The van der Waals surface area contributed by atoms with Gasteiger partial charge in [-0.15, -0.1) is 0 Å². The minimum atomic E-state index is -0.191. The Morgan fingerprint density at radius 3 is 3.00 bits per heavy atom. The summed E-state index contributed by atoms with van der Waals surface area (Å²) in [6, 6.07) is 5.25. The monoisotopic (exact) mass is 315 g/mol. The first-order valence-electron chi connectivity index (χ1n) is 6.49. The first kappa shape index (κ1) is 14.0. The molecule has 0 saturated carbocycles. The minimum absolute atomic E-state index is 0.191. The average molecular weight is 316 g/mol. The summed E-state index contributed by atoms with van der Waals surface area (Å²) >= 11 is 3.47. The van der Waals surface area contributed by atoms with Crippen LogP contribution in [0.5, 0.6) is 0 Å². The molecule has 4 heteroatoms. The number of nitrogens with zero attached hydrogens (tertiary/aromatic N) is 1. The van der Waals surface area contributed by atoms with Gasteiger partial charge in [-0.25, -0.2) is 4.39 Å². The van der Waals surface area contributed by atoms with E-state index in [4.69, 9.17) is 5.11 Å². The summed E-state index contributed by atoms with van der Waals surface area (Å²) in [7, 11) is 0. The van der Waals surface area contributed by atoms with Gasteiger partial charge in [-0.3, -0.25) is 4.90 Å². The van der Waals surface area contributed by atoms with Crippen LogP contribution in [-0.4, -0.2) is 29.2 Å². The van der Waals surface area contributed by atoms with Crippen LogP contribution in [0, 0.1) is 5.82 Å². The molecule has 1 atom stereocenters. The molecule has 1 fully saturated rings. The van der Waals surface area contributed by atoms with Crippen molar-refractivity contribution in [3.05, 3.63) is 34.1 Å². The molecule has 1 heterocycles. The van der Waals surface area contributed by atoms with Crippen LogP contribution in [0.15, 0.2) is 22.7 Å². The van der Waals surface area contributed by atoms with Gasteiger partial charge in [0.1, 0.15) is 5.82 Å². The summed E-state index contributed by atoms with van der Waals surface area (Å²) in [6.45, 7) is 2.02. The van der Waals surface area contributed by atoms with Gasteiger partial charge in [0.25, 0.3) is 0 Å². The molecular formula is C14H19BrFNO. The third-order valence-corrected chi connectivity index (χ3v) is 4.37. The molecule has 0 radical (unpaired) electrons. The third kappa shape index (κ3) is 3.53. The molecule has 1 unspecified atom stereocenters. The largest absolute Gasteiger partial charge is 0.396 e. The Morgan fingerprint density at radius 1 is 1.39 bits per heavy atom. The fourth-order valence-corrected chi connectivity index (χ4v) is 3.00. The van der Waals surface area contributed by atoms with E-state index in [-0.39, 0.29) is 12.4 Å². The molecule has 1 aromatic rings. The van der Waals surface area contributed by atoms with Gasteiger partial charge in [-0.2, -0.15) is 0 Å². The maximum Gasteiger partial charge on any atom is 0.123 e. The maximum atomic E-state index is 13.3. The molecule has 1 saturated heterocycles. The molecule has 1 N–H and O–H groups in total. The van der Waals surface area contributed by atoms with E-state index in [1.165, 1.54) is 18.9 Å². The lowest BCUT2D eigenvalue weighted by atomic mass is 9.99. The Hall–Kier alpha value is -0.450. The van der Waals surface area contributed by atoms with Crippen LogP contribution in [0.1, 0.15) is 31.2 Å². The molecule has 0 bridgehead atoms. The number of hydrogen-bond acceptors (Lipinski definition) is 2. The smallest absolute Gasteiger partial charge is 0.123 e. The van der Waals surface area contributed by atoms with Gasteiger partial charge in [0, 0.05) is 23.7 Å². The fraction of sp³-hybridized carbons (Fsp3) is 0.571. The number of rotatable bonds is 4. The number of aliphatic hydroxyl groups is 1. The van der Waals surface area contributed by atoms with Crippen molar-refractivity contribution in [2.24, 2.45) is 0 Å². The van der Waals surface area contributed by atoms with Crippen molar-refractivity contribution in [3.8, 4) is 0 Å². The lowest BCUT2D eigenvalue weighted by molar-refractivity contribution is 0.112.